The molecular formula is C17H23N7O. The summed E-state index contributed by atoms with van der Waals surface area (Å²) in [5.41, 5.74) is 0. The maximum absolute atomic E-state index is 12.3. The van der Waals surface area contributed by atoms with Crippen molar-refractivity contribution in [3.05, 3.63) is 18.5 Å². The van der Waals surface area contributed by atoms with Gasteiger partial charge in [-0.15, -0.1) is 10.2 Å². The third-order valence-electron chi connectivity index (χ3n) is 4.83. The summed E-state index contributed by atoms with van der Waals surface area (Å²) >= 11 is 0. The molecule has 1 aliphatic heterocycles. The van der Waals surface area contributed by atoms with Crippen LogP contribution in [0.1, 0.15) is 26.2 Å². The lowest BCUT2D eigenvalue weighted by molar-refractivity contribution is -0.132. The molecule has 1 saturated carbocycles. The van der Waals surface area contributed by atoms with Crippen molar-refractivity contribution in [2.45, 2.75) is 32.7 Å². The third-order valence-corrected chi connectivity index (χ3v) is 4.83. The molecule has 8 heteroatoms. The van der Waals surface area contributed by atoms with Gasteiger partial charge in [0.15, 0.2) is 5.82 Å². The second-order valence-electron chi connectivity index (χ2n) is 6.58. The number of anilines is 1. The van der Waals surface area contributed by atoms with E-state index in [0.29, 0.717) is 17.6 Å². The Labute approximate surface area is 146 Å². The van der Waals surface area contributed by atoms with Crippen molar-refractivity contribution >= 4 is 11.9 Å². The van der Waals surface area contributed by atoms with Crippen molar-refractivity contribution < 1.29 is 4.79 Å². The standard InChI is InChI=1S/C17H23N7O/c1-2-24-15(14-18-7-3-8-19-14)20-21-17(24)23-10-4-9-22(11-12-23)16(25)13-5-6-13/h3,7-8,13H,2,4-6,9-12H2,1H3. The van der Waals surface area contributed by atoms with Crippen LogP contribution in [0.2, 0.25) is 0 Å². The predicted octanol–water partition coefficient (Wildman–Crippen LogP) is 1.20. The van der Waals surface area contributed by atoms with Gasteiger partial charge >= 0.3 is 0 Å². The highest BCUT2D eigenvalue weighted by Crippen LogP contribution is 2.31. The molecule has 2 aliphatic rings. The van der Waals surface area contributed by atoms with Gasteiger partial charge in [-0.25, -0.2) is 9.97 Å². The molecular weight excluding hydrogens is 318 g/mol. The normalized spacial score (nSPS) is 18.3. The zero-order chi connectivity index (χ0) is 17.2. The molecule has 2 aromatic rings. The van der Waals surface area contributed by atoms with Gasteiger partial charge in [0.25, 0.3) is 0 Å². The van der Waals surface area contributed by atoms with E-state index in [2.05, 4.69) is 32.0 Å². The van der Waals surface area contributed by atoms with E-state index in [1.54, 1.807) is 18.5 Å². The summed E-state index contributed by atoms with van der Waals surface area (Å²) in [6.07, 6.45) is 6.49. The number of amides is 1. The van der Waals surface area contributed by atoms with Crippen LogP contribution in [-0.2, 0) is 11.3 Å². The quantitative estimate of drug-likeness (QED) is 0.831. The number of hydrogen-bond donors (Lipinski definition) is 0. The minimum atomic E-state index is 0.285. The minimum Gasteiger partial charge on any atom is -0.341 e. The molecule has 25 heavy (non-hydrogen) atoms. The van der Waals surface area contributed by atoms with E-state index in [1.165, 1.54) is 0 Å². The molecule has 0 aromatic carbocycles. The molecule has 8 nitrogen and oxygen atoms in total. The predicted molar refractivity (Wildman–Crippen MR) is 92.9 cm³/mol. The summed E-state index contributed by atoms with van der Waals surface area (Å²) in [4.78, 5) is 25.2. The Morgan fingerprint density at radius 3 is 2.64 bits per heavy atom. The molecule has 3 heterocycles. The molecule has 2 aromatic heterocycles. The Morgan fingerprint density at radius 2 is 1.92 bits per heavy atom. The first-order valence-corrected chi connectivity index (χ1v) is 9.02. The number of aromatic nitrogens is 5. The molecule has 0 radical (unpaired) electrons. The molecule has 4 rings (SSSR count). The fourth-order valence-corrected chi connectivity index (χ4v) is 3.33. The fourth-order valence-electron chi connectivity index (χ4n) is 3.33. The van der Waals surface area contributed by atoms with Crippen LogP contribution in [0.25, 0.3) is 11.6 Å². The van der Waals surface area contributed by atoms with E-state index in [-0.39, 0.29) is 5.92 Å². The van der Waals surface area contributed by atoms with Crippen LogP contribution in [0.5, 0.6) is 0 Å². The first-order valence-electron chi connectivity index (χ1n) is 9.02. The summed E-state index contributed by atoms with van der Waals surface area (Å²) in [5, 5.41) is 8.72. The second-order valence-corrected chi connectivity index (χ2v) is 6.58. The van der Waals surface area contributed by atoms with Crippen molar-refractivity contribution in [2.75, 3.05) is 31.1 Å². The highest BCUT2D eigenvalue weighted by Gasteiger charge is 2.34. The highest BCUT2D eigenvalue weighted by molar-refractivity contribution is 5.81. The maximum atomic E-state index is 12.3. The lowest BCUT2D eigenvalue weighted by Gasteiger charge is -2.23. The van der Waals surface area contributed by atoms with Crippen LogP contribution in [0.4, 0.5) is 5.95 Å². The Hall–Kier alpha value is -2.51. The molecule has 132 valence electrons. The largest absolute Gasteiger partial charge is 0.341 e. The average molecular weight is 341 g/mol. The first-order chi connectivity index (χ1) is 12.3. The summed E-state index contributed by atoms with van der Waals surface area (Å²) in [6.45, 7) is 6.06. The average Bonchev–Trinajstić information content (AvgIpc) is 3.45. The van der Waals surface area contributed by atoms with Gasteiger partial charge in [-0.3, -0.25) is 9.36 Å². The van der Waals surface area contributed by atoms with Gasteiger partial charge in [0, 0.05) is 51.0 Å². The summed E-state index contributed by atoms with van der Waals surface area (Å²) in [6, 6.07) is 1.79. The third kappa shape index (κ3) is 3.20. The van der Waals surface area contributed by atoms with E-state index in [0.717, 1.165) is 57.9 Å². The highest BCUT2D eigenvalue weighted by atomic mass is 16.2. The SMILES string of the molecule is CCn1c(-c2ncccn2)nnc1N1CCCN(C(=O)C2CC2)CC1. The van der Waals surface area contributed by atoms with Crippen LogP contribution >= 0.6 is 0 Å². The molecule has 0 atom stereocenters. The Kier molecular flexibility index (Phi) is 4.33. The molecule has 0 unspecified atom stereocenters. The Bertz CT molecular complexity index is 741. The summed E-state index contributed by atoms with van der Waals surface area (Å²) in [7, 11) is 0. The van der Waals surface area contributed by atoms with Crippen LogP contribution in [0.3, 0.4) is 0 Å². The zero-order valence-electron chi connectivity index (χ0n) is 14.5. The molecule has 0 N–H and O–H groups in total. The van der Waals surface area contributed by atoms with Gasteiger partial charge in [0.05, 0.1) is 0 Å². The van der Waals surface area contributed by atoms with Crippen LogP contribution in [0, 0.1) is 5.92 Å². The van der Waals surface area contributed by atoms with Gasteiger partial charge in [-0.05, 0) is 32.3 Å². The van der Waals surface area contributed by atoms with Crippen molar-refractivity contribution in [1.82, 2.24) is 29.6 Å². The van der Waals surface area contributed by atoms with Crippen molar-refractivity contribution in [1.29, 1.82) is 0 Å². The minimum absolute atomic E-state index is 0.285. The molecule has 1 saturated heterocycles. The van der Waals surface area contributed by atoms with E-state index >= 15 is 0 Å². The number of carbonyl (C=O) groups is 1. The number of rotatable bonds is 4. The van der Waals surface area contributed by atoms with Gasteiger partial charge in [0.1, 0.15) is 0 Å². The van der Waals surface area contributed by atoms with Gasteiger partial charge in [-0.2, -0.15) is 0 Å². The van der Waals surface area contributed by atoms with Crippen molar-refractivity contribution in [2.24, 2.45) is 5.92 Å². The van der Waals surface area contributed by atoms with E-state index < -0.39 is 0 Å². The zero-order valence-corrected chi connectivity index (χ0v) is 14.5. The van der Waals surface area contributed by atoms with Crippen LogP contribution in [-0.4, -0.2) is 61.7 Å². The number of hydrogen-bond acceptors (Lipinski definition) is 6. The number of nitrogens with zero attached hydrogens (tertiary/aromatic N) is 7. The van der Waals surface area contributed by atoms with Crippen LogP contribution in [0.15, 0.2) is 18.5 Å². The molecule has 2 fully saturated rings. The smallest absolute Gasteiger partial charge is 0.227 e. The van der Waals surface area contributed by atoms with E-state index in [9.17, 15) is 4.79 Å². The topological polar surface area (TPSA) is 80.0 Å². The molecule has 1 amide bonds. The van der Waals surface area contributed by atoms with Crippen molar-refractivity contribution in [3.63, 3.8) is 0 Å². The van der Waals surface area contributed by atoms with Crippen molar-refractivity contribution in [3.8, 4) is 11.6 Å². The monoisotopic (exact) mass is 341 g/mol. The van der Waals surface area contributed by atoms with Gasteiger partial charge in [-0.1, -0.05) is 0 Å². The van der Waals surface area contributed by atoms with Gasteiger partial charge in [0.2, 0.25) is 17.7 Å². The molecule has 0 bridgehead atoms. The maximum Gasteiger partial charge on any atom is 0.227 e. The lowest BCUT2D eigenvalue weighted by atomic mass is 10.3. The Morgan fingerprint density at radius 1 is 1.12 bits per heavy atom. The molecule has 1 aliphatic carbocycles. The lowest BCUT2D eigenvalue weighted by Crippen LogP contribution is -2.36. The van der Waals surface area contributed by atoms with E-state index in [4.69, 9.17) is 0 Å². The molecule has 0 spiro atoms. The summed E-state index contributed by atoms with van der Waals surface area (Å²) in [5.74, 6) is 2.73. The van der Waals surface area contributed by atoms with Gasteiger partial charge < -0.3 is 9.80 Å². The number of carbonyl (C=O) groups excluding carboxylic acids is 1. The second kappa shape index (κ2) is 6.78. The Balaban J connectivity index is 1.53. The van der Waals surface area contributed by atoms with E-state index in [1.807, 2.05) is 9.47 Å². The van der Waals surface area contributed by atoms with Crippen LogP contribution < -0.4 is 4.90 Å². The fraction of sp³-hybridized carbons (Fsp3) is 0.588. The first kappa shape index (κ1) is 16.0. The summed E-state index contributed by atoms with van der Waals surface area (Å²) < 4.78 is 2.05.